The van der Waals surface area contributed by atoms with Gasteiger partial charge in [0.05, 0.1) is 24.7 Å². The van der Waals surface area contributed by atoms with Crippen LogP contribution in [0.15, 0.2) is 89.8 Å². The third-order valence-electron chi connectivity index (χ3n) is 5.54. The Balaban J connectivity index is 1.55. The second kappa shape index (κ2) is 11.2. The molecule has 0 aliphatic carbocycles. The van der Waals surface area contributed by atoms with Gasteiger partial charge < -0.3 is 19.3 Å². The zero-order valence-electron chi connectivity index (χ0n) is 18.8. The van der Waals surface area contributed by atoms with E-state index in [0.29, 0.717) is 0 Å². The Hall–Kier alpha value is -2.59. The van der Waals surface area contributed by atoms with Crippen LogP contribution in [0.4, 0.5) is 0 Å². The zero-order valence-corrected chi connectivity index (χ0v) is 19.6. The van der Waals surface area contributed by atoms with E-state index in [4.69, 9.17) is 18.4 Å². The third-order valence-corrected chi connectivity index (χ3v) is 6.87. The lowest BCUT2D eigenvalue weighted by atomic mass is 10.0. The topological polar surface area (TPSA) is 91.3 Å². The molecule has 34 heavy (non-hydrogen) atoms. The van der Waals surface area contributed by atoms with Crippen LogP contribution in [0.2, 0.25) is 0 Å². The van der Waals surface area contributed by atoms with E-state index < -0.39 is 34.7 Å². The predicted octanol–water partition coefficient (Wildman–Crippen LogP) is 3.59. The lowest BCUT2D eigenvalue weighted by molar-refractivity contribution is -0.266. The highest BCUT2D eigenvalue weighted by molar-refractivity contribution is 7.86. The van der Waals surface area contributed by atoms with E-state index in [9.17, 15) is 13.5 Å². The predicted molar refractivity (Wildman–Crippen MR) is 125 cm³/mol. The molecule has 7 nitrogen and oxygen atoms in total. The number of benzene rings is 3. The highest BCUT2D eigenvalue weighted by Gasteiger charge is 2.45. The summed E-state index contributed by atoms with van der Waals surface area (Å²) in [7, 11) is -4.19. The number of hydrogen-bond donors (Lipinski definition) is 1. The van der Waals surface area contributed by atoms with Crippen molar-refractivity contribution in [1.29, 1.82) is 0 Å². The largest absolute Gasteiger partial charge is 0.368 e. The van der Waals surface area contributed by atoms with Gasteiger partial charge in [0.2, 0.25) is 0 Å². The van der Waals surface area contributed by atoms with Gasteiger partial charge >= 0.3 is 0 Å². The molecule has 0 spiro atoms. The molecule has 1 saturated heterocycles. The normalized spacial score (nSPS) is 23.0. The smallest absolute Gasteiger partial charge is 0.297 e. The minimum atomic E-state index is -4.19. The van der Waals surface area contributed by atoms with E-state index in [0.717, 1.165) is 16.7 Å². The number of rotatable bonds is 9. The highest BCUT2D eigenvalue weighted by Crippen LogP contribution is 2.28. The second-order valence-electron chi connectivity index (χ2n) is 8.15. The van der Waals surface area contributed by atoms with Gasteiger partial charge in [-0.05, 0) is 30.2 Å². The van der Waals surface area contributed by atoms with Gasteiger partial charge in [0.1, 0.15) is 12.2 Å². The number of aliphatic hydroxyl groups is 1. The quantitative estimate of drug-likeness (QED) is 0.464. The molecule has 3 aromatic rings. The Morgan fingerprint density at radius 1 is 0.824 bits per heavy atom. The van der Waals surface area contributed by atoms with Crippen LogP contribution in [-0.2, 0) is 41.7 Å². The monoisotopic (exact) mass is 484 g/mol. The molecular formula is C26H28O7S. The van der Waals surface area contributed by atoms with Crippen molar-refractivity contribution in [2.45, 2.75) is 49.6 Å². The van der Waals surface area contributed by atoms with E-state index in [2.05, 4.69) is 0 Å². The Morgan fingerprint density at radius 3 is 1.97 bits per heavy atom. The average Bonchev–Trinajstić information content (AvgIpc) is 2.85. The first-order valence-electron chi connectivity index (χ1n) is 11.0. The van der Waals surface area contributed by atoms with Crippen molar-refractivity contribution in [2.75, 3.05) is 6.61 Å². The van der Waals surface area contributed by atoms with Gasteiger partial charge in [0, 0.05) is 0 Å². The molecule has 4 atom stereocenters. The van der Waals surface area contributed by atoms with E-state index in [-0.39, 0.29) is 24.7 Å². The van der Waals surface area contributed by atoms with Crippen molar-refractivity contribution in [1.82, 2.24) is 0 Å². The fraction of sp³-hybridized carbons (Fsp3) is 0.308. The number of aryl methyl sites for hydroxylation is 1. The summed E-state index contributed by atoms with van der Waals surface area (Å²) >= 11 is 0. The molecule has 8 heteroatoms. The van der Waals surface area contributed by atoms with E-state index in [1.165, 1.54) is 12.1 Å². The molecular weight excluding hydrogens is 456 g/mol. The minimum absolute atomic E-state index is 0.0144. The highest BCUT2D eigenvalue weighted by atomic mass is 32.2. The molecule has 180 valence electrons. The van der Waals surface area contributed by atoms with Gasteiger partial charge in [0.15, 0.2) is 12.4 Å². The van der Waals surface area contributed by atoms with Gasteiger partial charge in [-0.3, -0.25) is 4.18 Å². The molecule has 1 aliphatic rings. The van der Waals surface area contributed by atoms with Crippen LogP contribution in [0.5, 0.6) is 0 Å². The molecule has 0 radical (unpaired) electrons. The molecule has 0 saturated carbocycles. The van der Waals surface area contributed by atoms with E-state index >= 15 is 0 Å². The van der Waals surface area contributed by atoms with Crippen LogP contribution in [0.25, 0.3) is 0 Å². The van der Waals surface area contributed by atoms with Crippen molar-refractivity contribution < 1.29 is 31.9 Å². The van der Waals surface area contributed by atoms with Gasteiger partial charge in [-0.25, -0.2) is 0 Å². The van der Waals surface area contributed by atoms with Crippen molar-refractivity contribution >= 4 is 10.1 Å². The van der Waals surface area contributed by atoms with Crippen molar-refractivity contribution in [3.8, 4) is 0 Å². The first-order chi connectivity index (χ1) is 16.4. The molecule has 1 fully saturated rings. The molecule has 1 aliphatic heterocycles. The van der Waals surface area contributed by atoms with Crippen LogP contribution in [0.3, 0.4) is 0 Å². The summed E-state index contributed by atoms with van der Waals surface area (Å²) in [6, 6.07) is 25.3. The van der Waals surface area contributed by atoms with Crippen LogP contribution in [0, 0.1) is 6.92 Å². The van der Waals surface area contributed by atoms with Crippen molar-refractivity contribution in [3.05, 3.63) is 102 Å². The summed E-state index contributed by atoms with van der Waals surface area (Å²) in [5, 5.41) is 10.5. The third kappa shape index (κ3) is 6.29. The molecule has 0 aromatic heterocycles. The fourth-order valence-corrected chi connectivity index (χ4v) is 4.73. The van der Waals surface area contributed by atoms with Crippen molar-refractivity contribution in [3.63, 3.8) is 0 Å². The summed E-state index contributed by atoms with van der Waals surface area (Å²) < 4.78 is 49.0. The maximum absolute atomic E-state index is 13.0. The van der Waals surface area contributed by atoms with Crippen LogP contribution in [-0.4, -0.2) is 44.7 Å². The Bertz CT molecular complexity index is 1130. The van der Waals surface area contributed by atoms with Crippen LogP contribution >= 0.6 is 0 Å². The van der Waals surface area contributed by atoms with Crippen LogP contribution in [0.1, 0.15) is 16.7 Å². The van der Waals surface area contributed by atoms with Gasteiger partial charge in [-0.1, -0.05) is 78.4 Å². The molecule has 4 rings (SSSR count). The Kier molecular flexibility index (Phi) is 8.10. The standard InChI is InChI=1S/C26H28O7S/c1-19-12-14-22(15-13-19)34(28,29)33-25-24(31-17-21-10-6-3-7-11-21)23(18-32-26(25)27)30-16-20-8-4-2-5-9-20/h2-15,23-27H,16-18H2,1H3/t23-,24+,25+,26+/m0/s1. The summed E-state index contributed by atoms with van der Waals surface area (Å²) in [4.78, 5) is -0.0144. The Morgan fingerprint density at radius 2 is 1.38 bits per heavy atom. The number of ether oxygens (including phenoxy) is 3. The molecule has 0 unspecified atom stereocenters. The first-order valence-corrected chi connectivity index (χ1v) is 12.4. The average molecular weight is 485 g/mol. The van der Waals surface area contributed by atoms with Gasteiger partial charge in [-0.2, -0.15) is 8.42 Å². The SMILES string of the molecule is Cc1ccc(S(=O)(=O)O[C@@H]2[C@H](OCc3ccccc3)[C@@H](OCc3ccccc3)CO[C@H]2O)cc1. The minimum Gasteiger partial charge on any atom is -0.368 e. The zero-order chi connectivity index (χ0) is 24.0. The lowest BCUT2D eigenvalue weighted by Gasteiger charge is -2.39. The first kappa shape index (κ1) is 24.5. The maximum atomic E-state index is 13.0. The van der Waals surface area contributed by atoms with Crippen molar-refractivity contribution in [2.24, 2.45) is 0 Å². The molecule has 0 bridgehead atoms. The summed E-state index contributed by atoms with van der Waals surface area (Å²) in [5.41, 5.74) is 2.75. The molecule has 0 amide bonds. The fourth-order valence-electron chi connectivity index (χ4n) is 3.66. The Labute approximate surface area is 200 Å². The van der Waals surface area contributed by atoms with E-state index in [1.54, 1.807) is 12.1 Å². The van der Waals surface area contributed by atoms with Gasteiger partial charge in [0.25, 0.3) is 10.1 Å². The lowest BCUT2D eigenvalue weighted by Crippen LogP contribution is -2.56. The number of aliphatic hydroxyl groups excluding tert-OH is 1. The number of hydrogen-bond acceptors (Lipinski definition) is 7. The molecule has 3 aromatic carbocycles. The van der Waals surface area contributed by atoms with E-state index in [1.807, 2.05) is 67.6 Å². The summed E-state index contributed by atoms with van der Waals surface area (Å²) in [6.07, 6.45) is -4.37. The summed E-state index contributed by atoms with van der Waals surface area (Å²) in [6.45, 7) is 2.34. The summed E-state index contributed by atoms with van der Waals surface area (Å²) in [5.74, 6) is 0. The van der Waals surface area contributed by atoms with Gasteiger partial charge in [-0.15, -0.1) is 0 Å². The maximum Gasteiger partial charge on any atom is 0.297 e. The molecule has 1 heterocycles. The molecule has 1 N–H and O–H groups in total. The second-order valence-corrected chi connectivity index (χ2v) is 9.72. The van der Waals surface area contributed by atoms with Crippen LogP contribution < -0.4 is 0 Å².